The van der Waals surface area contributed by atoms with Crippen LogP contribution in [0, 0.1) is 0 Å². The summed E-state index contributed by atoms with van der Waals surface area (Å²) in [6.07, 6.45) is 3.33. The second-order valence-electron chi connectivity index (χ2n) is 5.65. The molecule has 0 spiro atoms. The highest BCUT2D eigenvalue weighted by molar-refractivity contribution is 6.03. The third-order valence-electron chi connectivity index (χ3n) is 3.71. The van der Waals surface area contributed by atoms with Crippen molar-refractivity contribution in [3.63, 3.8) is 0 Å². The van der Waals surface area contributed by atoms with Crippen LogP contribution in [0.2, 0.25) is 0 Å². The molecule has 0 aromatic heterocycles. The summed E-state index contributed by atoms with van der Waals surface area (Å²) in [7, 11) is 0. The summed E-state index contributed by atoms with van der Waals surface area (Å²) in [4.78, 5) is 23.1. The van der Waals surface area contributed by atoms with Gasteiger partial charge in [-0.25, -0.2) is 0 Å². The fourth-order valence-corrected chi connectivity index (χ4v) is 2.59. The topological polar surface area (TPSA) is 58.2 Å². The molecule has 124 valence electrons. The van der Waals surface area contributed by atoms with Crippen LogP contribution in [0.4, 0.5) is 11.4 Å². The third kappa shape index (κ3) is 4.32. The standard InChI is InChI=1S/C21H18N2O2/c1-15(24)22-18-10-12-19(13-11-18)23-21(25)14-9-17-7-4-6-16-5-2-3-8-20(16)17/h2-14H,1H3,(H,22,24)(H,23,25)/b14-9+. The lowest BCUT2D eigenvalue weighted by atomic mass is 10.0. The number of fused-ring (bicyclic) bond motifs is 1. The van der Waals surface area contributed by atoms with Gasteiger partial charge in [0.15, 0.2) is 0 Å². The van der Waals surface area contributed by atoms with E-state index in [1.54, 1.807) is 24.3 Å². The van der Waals surface area contributed by atoms with Crippen LogP contribution in [0.15, 0.2) is 72.8 Å². The minimum Gasteiger partial charge on any atom is -0.326 e. The number of rotatable bonds is 4. The molecule has 0 bridgehead atoms. The van der Waals surface area contributed by atoms with Crippen molar-refractivity contribution in [3.8, 4) is 0 Å². The Labute approximate surface area is 146 Å². The van der Waals surface area contributed by atoms with E-state index in [1.807, 2.05) is 48.5 Å². The van der Waals surface area contributed by atoms with Crippen LogP contribution in [0.25, 0.3) is 16.8 Å². The van der Waals surface area contributed by atoms with Gasteiger partial charge in [-0.2, -0.15) is 0 Å². The Morgan fingerprint density at radius 1 is 0.800 bits per heavy atom. The van der Waals surface area contributed by atoms with Gasteiger partial charge in [-0.05, 0) is 46.7 Å². The van der Waals surface area contributed by atoms with Crippen LogP contribution in [-0.4, -0.2) is 11.8 Å². The van der Waals surface area contributed by atoms with Gasteiger partial charge in [0.2, 0.25) is 11.8 Å². The molecule has 3 rings (SSSR count). The highest BCUT2D eigenvalue weighted by atomic mass is 16.2. The molecule has 0 saturated carbocycles. The highest BCUT2D eigenvalue weighted by Crippen LogP contribution is 2.19. The Morgan fingerprint density at radius 3 is 2.16 bits per heavy atom. The Kier molecular flexibility index (Phi) is 4.90. The van der Waals surface area contributed by atoms with E-state index in [9.17, 15) is 9.59 Å². The van der Waals surface area contributed by atoms with Crippen LogP contribution < -0.4 is 10.6 Å². The van der Waals surface area contributed by atoms with Gasteiger partial charge in [-0.1, -0.05) is 42.5 Å². The van der Waals surface area contributed by atoms with Gasteiger partial charge in [0.05, 0.1) is 0 Å². The minimum atomic E-state index is -0.208. The van der Waals surface area contributed by atoms with Gasteiger partial charge >= 0.3 is 0 Å². The van der Waals surface area contributed by atoms with Gasteiger partial charge in [0, 0.05) is 24.4 Å². The maximum absolute atomic E-state index is 12.1. The van der Waals surface area contributed by atoms with Crippen LogP contribution in [0.3, 0.4) is 0 Å². The third-order valence-corrected chi connectivity index (χ3v) is 3.71. The van der Waals surface area contributed by atoms with E-state index in [1.165, 1.54) is 13.0 Å². The summed E-state index contributed by atoms with van der Waals surface area (Å²) >= 11 is 0. The van der Waals surface area contributed by atoms with Crippen molar-refractivity contribution in [2.24, 2.45) is 0 Å². The SMILES string of the molecule is CC(=O)Nc1ccc(NC(=O)/C=C/c2cccc3ccccc23)cc1. The lowest BCUT2D eigenvalue weighted by Crippen LogP contribution is -2.08. The zero-order valence-electron chi connectivity index (χ0n) is 13.8. The smallest absolute Gasteiger partial charge is 0.248 e. The zero-order valence-corrected chi connectivity index (χ0v) is 13.8. The lowest BCUT2D eigenvalue weighted by molar-refractivity contribution is -0.114. The summed E-state index contributed by atoms with van der Waals surface area (Å²) in [5, 5.41) is 7.73. The van der Waals surface area contributed by atoms with E-state index >= 15 is 0 Å². The van der Waals surface area contributed by atoms with Crippen molar-refractivity contribution >= 4 is 40.0 Å². The fraction of sp³-hybridized carbons (Fsp3) is 0.0476. The summed E-state index contributed by atoms with van der Waals surface area (Å²) in [5.74, 6) is -0.338. The van der Waals surface area contributed by atoms with E-state index in [0.717, 1.165) is 16.3 Å². The van der Waals surface area contributed by atoms with Crippen LogP contribution in [0.1, 0.15) is 12.5 Å². The number of benzene rings is 3. The van der Waals surface area contributed by atoms with Crippen LogP contribution in [0.5, 0.6) is 0 Å². The Morgan fingerprint density at radius 2 is 1.44 bits per heavy atom. The Balaban J connectivity index is 1.69. The van der Waals surface area contributed by atoms with Crippen LogP contribution >= 0.6 is 0 Å². The molecule has 0 aliphatic carbocycles. The van der Waals surface area contributed by atoms with E-state index < -0.39 is 0 Å². The van der Waals surface area contributed by atoms with Crippen molar-refractivity contribution < 1.29 is 9.59 Å². The molecule has 25 heavy (non-hydrogen) atoms. The molecule has 4 heteroatoms. The van der Waals surface area contributed by atoms with Gasteiger partial charge in [0.25, 0.3) is 0 Å². The van der Waals surface area contributed by atoms with Crippen molar-refractivity contribution in [2.75, 3.05) is 10.6 Å². The van der Waals surface area contributed by atoms with Gasteiger partial charge < -0.3 is 10.6 Å². The average molecular weight is 330 g/mol. The van der Waals surface area contributed by atoms with Crippen molar-refractivity contribution in [1.82, 2.24) is 0 Å². The summed E-state index contributed by atoms with van der Waals surface area (Å²) in [5.41, 5.74) is 2.35. The quantitative estimate of drug-likeness (QED) is 0.694. The molecule has 3 aromatic rings. The number of amides is 2. The second kappa shape index (κ2) is 7.45. The molecule has 2 N–H and O–H groups in total. The summed E-state index contributed by atoms with van der Waals surface area (Å²) in [6.45, 7) is 1.45. The molecular weight excluding hydrogens is 312 g/mol. The Hall–Kier alpha value is -3.40. The van der Waals surface area contributed by atoms with Crippen molar-refractivity contribution in [2.45, 2.75) is 6.92 Å². The maximum Gasteiger partial charge on any atom is 0.248 e. The molecule has 3 aromatic carbocycles. The average Bonchev–Trinajstić information content (AvgIpc) is 2.61. The number of carbonyl (C=O) groups excluding carboxylic acids is 2. The Bertz CT molecular complexity index is 938. The van der Waals surface area contributed by atoms with E-state index in [2.05, 4.69) is 10.6 Å². The molecule has 0 radical (unpaired) electrons. The predicted molar refractivity (Wildman–Crippen MR) is 102 cm³/mol. The van der Waals surface area contributed by atoms with Crippen molar-refractivity contribution in [3.05, 3.63) is 78.4 Å². The molecule has 0 aliphatic heterocycles. The first-order chi connectivity index (χ1) is 12.1. The molecule has 2 amide bonds. The maximum atomic E-state index is 12.1. The number of anilines is 2. The van der Waals surface area contributed by atoms with Gasteiger partial charge in [-0.3, -0.25) is 9.59 Å². The number of hydrogen-bond acceptors (Lipinski definition) is 2. The lowest BCUT2D eigenvalue weighted by Gasteiger charge is -2.05. The second-order valence-corrected chi connectivity index (χ2v) is 5.65. The molecular formula is C21H18N2O2. The molecule has 0 heterocycles. The highest BCUT2D eigenvalue weighted by Gasteiger charge is 2.01. The normalized spacial score (nSPS) is 10.8. The van der Waals surface area contributed by atoms with E-state index in [0.29, 0.717) is 11.4 Å². The first-order valence-corrected chi connectivity index (χ1v) is 7.96. The monoisotopic (exact) mass is 330 g/mol. The van der Waals surface area contributed by atoms with E-state index in [-0.39, 0.29) is 11.8 Å². The zero-order chi connectivity index (χ0) is 17.6. The number of nitrogens with one attached hydrogen (secondary N) is 2. The molecule has 0 aliphatic rings. The minimum absolute atomic E-state index is 0.130. The first kappa shape index (κ1) is 16.5. The van der Waals surface area contributed by atoms with Crippen molar-refractivity contribution in [1.29, 1.82) is 0 Å². The predicted octanol–water partition coefficient (Wildman–Crippen LogP) is 4.45. The molecule has 0 saturated heterocycles. The summed E-state index contributed by atoms with van der Waals surface area (Å²) < 4.78 is 0. The van der Waals surface area contributed by atoms with Gasteiger partial charge in [-0.15, -0.1) is 0 Å². The van der Waals surface area contributed by atoms with E-state index in [4.69, 9.17) is 0 Å². The molecule has 0 atom stereocenters. The fourth-order valence-electron chi connectivity index (χ4n) is 2.59. The largest absolute Gasteiger partial charge is 0.326 e. The number of carbonyl (C=O) groups is 2. The van der Waals surface area contributed by atoms with Crippen LogP contribution in [-0.2, 0) is 9.59 Å². The number of hydrogen-bond donors (Lipinski definition) is 2. The van der Waals surface area contributed by atoms with Gasteiger partial charge in [0.1, 0.15) is 0 Å². The molecule has 4 nitrogen and oxygen atoms in total. The first-order valence-electron chi connectivity index (χ1n) is 7.96. The molecule has 0 unspecified atom stereocenters. The molecule has 0 fully saturated rings. The summed E-state index contributed by atoms with van der Waals surface area (Å²) in [6, 6.07) is 21.0.